The van der Waals surface area contributed by atoms with Gasteiger partial charge in [-0.1, -0.05) is 12.1 Å². The summed E-state index contributed by atoms with van der Waals surface area (Å²) in [5.74, 6) is -2.07. The van der Waals surface area contributed by atoms with Crippen molar-refractivity contribution >= 4 is 23.6 Å². The van der Waals surface area contributed by atoms with Crippen LogP contribution in [-0.4, -0.2) is 59.5 Å². The van der Waals surface area contributed by atoms with E-state index in [1.807, 2.05) is 0 Å². The summed E-state index contributed by atoms with van der Waals surface area (Å²) in [6.07, 6.45) is 0.627. The Hall–Kier alpha value is -2.58. The Morgan fingerprint density at radius 3 is 2.68 bits per heavy atom. The van der Waals surface area contributed by atoms with E-state index >= 15 is 0 Å². The molecular weight excluding hydrogens is 328 g/mol. The molecule has 0 radical (unpaired) electrons. The number of fused-ring (bicyclic) bond motifs is 1. The summed E-state index contributed by atoms with van der Waals surface area (Å²) in [6.45, 7) is 0.412. The zero-order valence-corrected chi connectivity index (χ0v) is 13.5. The molecular formula is C17H18N2O6. The molecule has 2 N–H and O–H groups in total. The molecule has 0 aliphatic carbocycles. The van der Waals surface area contributed by atoms with E-state index in [4.69, 9.17) is 9.84 Å². The number of piperidine rings is 1. The first-order valence-corrected chi connectivity index (χ1v) is 8.06. The van der Waals surface area contributed by atoms with Crippen molar-refractivity contribution in [2.75, 3.05) is 19.8 Å². The van der Waals surface area contributed by atoms with Gasteiger partial charge in [0.2, 0.25) is 11.8 Å². The molecule has 0 spiro atoms. The lowest BCUT2D eigenvalue weighted by atomic mass is 10.0. The molecule has 1 atom stereocenters. The lowest BCUT2D eigenvalue weighted by molar-refractivity contribution is -0.136. The molecule has 4 amide bonds. The SMILES string of the molecule is O=C1CCC(N2C(=O)c3cccc(CCOCCO)c3C2=O)C(=O)N1. The van der Waals surface area contributed by atoms with Gasteiger partial charge in [0, 0.05) is 6.42 Å². The molecule has 0 bridgehead atoms. The highest BCUT2D eigenvalue weighted by Gasteiger charge is 2.45. The van der Waals surface area contributed by atoms with Crippen LogP contribution < -0.4 is 5.32 Å². The van der Waals surface area contributed by atoms with Crippen LogP contribution in [0.4, 0.5) is 0 Å². The van der Waals surface area contributed by atoms with Crippen molar-refractivity contribution in [2.24, 2.45) is 0 Å². The molecule has 1 saturated heterocycles. The number of benzene rings is 1. The molecule has 8 heteroatoms. The first-order valence-electron chi connectivity index (χ1n) is 8.06. The van der Waals surface area contributed by atoms with Crippen molar-refractivity contribution < 1.29 is 29.0 Å². The molecule has 25 heavy (non-hydrogen) atoms. The molecule has 1 unspecified atom stereocenters. The molecule has 1 fully saturated rings. The number of nitrogens with zero attached hydrogens (tertiary/aromatic N) is 1. The second-order valence-electron chi connectivity index (χ2n) is 5.87. The summed E-state index contributed by atoms with van der Waals surface area (Å²) in [5, 5.41) is 10.9. The van der Waals surface area contributed by atoms with Gasteiger partial charge in [-0.2, -0.15) is 0 Å². The number of nitrogens with one attached hydrogen (secondary N) is 1. The standard InChI is InChI=1S/C17H18N2O6/c20-7-9-25-8-6-10-2-1-3-11-14(10)17(24)19(16(11)23)12-4-5-13(21)18-15(12)22/h1-3,12,20H,4-9H2,(H,18,21,22). The third-order valence-electron chi connectivity index (χ3n) is 4.31. The predicted octanol–water partition coefficient (Wildman–Crippen LogP) is -0.361. The topological polar surface area (TPSA) is 113 Å². The minimum Gasteiger partial charge on any atom is -0.394 e. The number of carbonyl (C=O) groups excluding carboxylic acids is 4. The number of ether oxygens (including phenoxy) is 1. The molecule has 2 aliphatic rings. The number of carbonyl (C=O) groups is 4. The number of aliphatic hydroxyl groups excluding tert-OH is 1. The van der Waals surface area contributed by atoms with Gasteiger partial charge in [-0.15, -0.1) is 0 Å². The van der Waals surface area contributed by atoms with Gasteiger partial charge in [0.05, 0.1) is 30.9 Å². The number of hydrogen-bond donors (Lipinski definition) is 2. The van der Waals surface area contributed by atoms with Crippen molar-refractivity contribution in [3.05, 3.63) is 34.9 Å². The van der Waals surface area contributed by atoms with Crippen LogP contribution in [0.25, 0.3) is 0 Å². The molecule has 1 aromatic carbocycles. The van der Waals surface area contributed by atoms with Crippen molar-refractivity contribution in [3.63, 3.8) is 0 Å². The summed E-state index contributed by atoms with van der Waals surface area (Å²) in [4.78, 5) is 49.7. The summed E-state index contributed by atoms with van der Waals surface area (Å²) in [5.41, 5.74) is 1.20. The maximum Gasteiger partial charge on any atom is 0.262 e. The van der Waals surface area contributed by atoms with E-state index in [-0.39, 0.29) is 37.2 Å². The Balaban J connectivity index is 1.84. The van der Waals surface area contributed by atoms with E-state index in [0.29, 0.717) is 18.6 Å². The molecule has 3 rings (SSSR count). The highest BCUT2D eigenvalue weighted by atomic mass is 16.5. The number of rotatable bonds is 6. The second kappa shape index (κ2) is 7.12. The predicted molar refractivity (Wildman–Crippen MR) is 84.7 cm³/mol. The van der Waals surface area contributed by atoms with Gasteiger partial charge in [0.15, 0.2) is 0 Å². The van der Waals surface area contributed by atoms with Crippen LogP contribution in [0.2, 0.25) is 0 Å². The minimum absolute atomic E-state index is 0.0890. The van der Waals surface area contributed by atoms with E-state index in [0.717, 1.165) is 4.90 Å². The smallest absolute Gasteiger partial charge is 0.262 e. The third kappa shape index (κ3) is 3.18. The quantitative estimate of drug-likeness (QED) is 0.537. The fraction of sp³-hybridized carbons (Fsp3) is 0.412. The van der Waals surface area contributed by atoms with Crippen LogP contribution in [0.5, 0.6) is 0 Å². The van der Waals surface area contributed by atoms with Crippen LogP contribution in [0.15, 0.2) is 18.2 Å². The molecule has 132 valence electrons. The highest BCUT2D eigenvalue weighted by Crippen LogP contribution is 2.30. The van der Waals surface area contributed by atoms with Crippen LogP contribution in [-0.2, 0) is 20.7 Å². The molecule has 0 aromatic heterocycles. The Kier molecular flexibility index (Phi) is 4.91. The highest BCUT2D eigenvalue weighted by molar-refractivity contribution is 6.24. The Morgan fingerprint density at radius 1 is 1.16 bits per heavy atom. The maximum absolute atomic E-state index is 12.8. The number of aliphatic hydroxyl groups is 1. The van der Waals surface area contributed by atoms with Gasteiger partial charge >= 0.3 is 0 Å². The average Bonchev–Trinajstić information content (AvgIpc) is 2.84. The molecule has 2 aliphatic heterocycles. The van der Waals surface area contributed by atoms with Gasteiger partial charge in [0.1, 0.15) is 6.04 Å². The zero-order chi connectivity index (χ0) is 18.0. The summed E-state index contributed by atoms with van der Waals surface area (Å²) in [6, 6.07) is 4.00. The van der Waals surface area contributed by atoms with Gasteiger partial charge in [-0.3, -0.25) is 29.4 Å². The van der Waals surface area contributed by atoms with Crippen molar-refractivity contribution in [1.29, 1.82) is 0 Å². The van der Waals surface area contributed by atoms with E-state index in [9.17, 15) is 19.2 Å². The molecule has 0 saturated carbocycles. The molecule has 2 heterocycles. The van der Waals surface area contributed by atoms with Crippen molar-refractivity contribution in [2.45, 2.75) is 25.3 Å². The molecule has 8 nitrogen and oxygen atoms in total. The summed E-state index contributed by atoms with van der Waals surface area (Å²) in [7, 11) is 0. The van der Waals surface area contributed by atoms with Gasteiger partial charge in [-0.05, 0) is 24.5 Å². The lowest BCUT2D eigenvalue weighted by Crippen LogP contribution is -2.54. The monoisotopic (exact) mass is 346 g/mol. The van der Waals surface area contributed by atoms with Crippen LogP contribution >= 0.6 is 0 Å². The third-order valence-corrected chi connectivity index (χ3v) is 4.31. The van der Waals surface area contributed by atoms with Crippen LogP contribution in [0.3, 0.4) is 0 Å². The normalized spacial score (nSPS) is 20.0. The first-order chi connectivity index (χ1) is 12.0. The van der Waals surface area contributed by atoms with Crippen molar-refractivity contribution in [3.8, 4) is 0 Å². The summed E-state index contributed by atoms with van der Waals surface area (Å²) >= 11 is 0. The maximum atomic E-state index is 12.8. The van der Waals surface area contributed by atoms with E-state index in [1.54, 1.807) is 18.2 Å². The average molecular weight is 346 g/mol. The number of imide groups is 2. The van der Waals surface area contributed by atoms with E-state index in [1.165, 1.54) is 0 Å². The largest absolute Gasteiger partial charge is 0.394 e. The first kappa shape index (κ1) is 17.2. The zero-order valence-electron chi connectivity index (χ0n) is 13.5. The Bertz CT molecular complexity index is 745. The van der Waals surface area contributed by atoms with Crippen LogP contribution in [0, 0.1) is 0 Å². The Labute approximate surface area is 143 Å². The van der Waals surface area contributed by atoms with Gasteiger partial charge in [-0.25, -0.2) is 0 Å². The number of hydrogen-bond acceptors (Lipinski definition) is 6. The van der Waals surface area contributed by atoms with Gasteiger partial charge in [0.25, 0.3) is 11.8 Å². The van der Waals surface area contributed by atoms with E-state index in [2.05, 4.69) is 5.32 Å². The number of amides is 4. The molecule has 1 aromatic rings. The summed E-state index contributed by atoms with van der Waals surface area (Å²) < 4.78 is 5.22. The Morgan fingerprint density at radius 2 is 1.96 bits per heavy atom. The lowest BCUT2D eigenvalue weighted by Gasteiger charge is -2.27. The minimum atomic E-state index is -0.969. The van der Waals surface area contributed by atoms with E-state index < -0.39 is 29.7 Å². The van der Waals surface area contributed by atoms with Crippen LogP contribution in [0.1, 0.15) is 39.1 Å². The van der Waals surface area contributed by atoms with Gasteiger partial charge < -0.3 is 9.84 Å². The fourth-order valence-electron chi connectivity index (χ4n) is 3.14. The van der Waals surface area contributed by atoms with Crippen molar-refractivity contribution in [1.82, 2.24) is 10.2 Å². The fourth-order valence-corrected chi connectivity index (χ4v) is 3.14. The second-order valence-corrected chi connectivity index (χ2v) is 5.87.